The molecule has 0 spiro atoms. The Bertz CT molecular complexity index is 457. The maximum atomic E-state index is 10.4. The van der Waals surface area contributed by atoms with E-state index in [9.17, 15) is 4.79 Å². The van der Waals surface area contributed by atoms with E-state index in [4.69, 9.17) is 9.47 Å². The second-order valence-electron chi connectivity index (χ2n) is 3.27. The van der Waals surface area contributed by atoms with E-state index in [-0.39, 0.29) is 37.1 Å². The van der Waals surface area contributed by atoms with Crippen LogP contribution in [0.2, 0.25) is 0 Å². The topological polar surface area (TPSA) is 35.5 Å². The number of hydrogen-bond donors (Lipinski definition) is 0. The van der Waals surface area contributed by atoms with Gasteiger partial charge in [0.05, 0.1) is 7.11 Å². The van der Waals surface area contributed by atoms with E-state index in [1.165, 1.54) is 6.92 Å². The molecule has 2 rings (SSSR count). The third-order valence-electron chi connectivity index (χ3n) is 1.87. The van der Waals surface area contributed by atoms with Crippen molar-refractivity contribution in [3.05, 3.63) is 60.7 Å². The molecule has 0 radical (unpaired) electrons. The summed E-state index contributed by atoms with van der Waals surface area (Å²) in [6.07, 6.45) is 0. The van der Waals surface area contributed by atoms with Crippen molar-refractivity contribution >= 4 is 5.97 Å². The summed E-state index contributed by atoms with van der Waals surface area (Å²) >= 11 is 0. The van der Waals surface area contributed by atoms with Crippen LogP contribution in [0, 0.1) is 43.2 Å². The molecule has 0 heterocycles. The smallest absolute Gasteiger partial charge is 0.522 e. The van der Waals surface area contributed by atoms with E-state index in [2.05, 4.69) is 12.1 Å². The van der Waals surface area contributed by atoms with Gasteiger partial charge >= 0.3 is 37.1 Å². The van der Waals surface area contributed by atoms with Gasteiger partial charge in [0.25, 0.3) is 0 Å². The first-order chi connectivity index (χ1) is 8.72. The Labute approximate surface area is 137 Å². The molecule has 0 unspecified atom stereocenters. The molecule has 4 heteroatoms. The Morgan fingerprint density at radius 1 is 0.947 bits per heavy atom. The van der Waals surface area contributed by atoms with Gasteiger partial charge in [0.2, 0.25) is 0 Å². The Morgan fingerprint density at radius 2 is 1.37 bits per heavy atom. The second kappa shape index (κ2) is 10.7. The predicted molar refractivity (Wildman–Crippen MR) is 68.4 cm³/mol. The minimum absolute atomic E-state index is 0. The molecule has 3 nitrogen and oxygen atoms in total. The van der Waals surface area contributed by atoms with Gasteiger partial charge in [-0.15, -0.1) is 24.3 Å². The molecule has 0 aromatic heterocycles. The summed E-state index contributed by atoms with van der Waals surface area (Å²) in [7, 11) is 1.65. The van der Waals surface area contributed by atoms with Gasteiger partial charge in [-0.3, -0.25) is 4.79 Å². The third kappa shape index (κ3) is 8.47. The van der Waals surface area contributed by atoms with Crippen LogP contribution in [0.15, 0.2) is 48.5 Å². The van der Waals surface area contributed by atoms with Crippen molar-refractivity contribution in [3.8, 4) is 11.5 Å². The first-order valence-electron chi connectivity index (χ1n) is 5.37. The van der Waals surface area contributed by atoms with Crippen molar-refractivity contribution in [3.63, 3.8) is 0 Å². The molecule has 2 aromatic rings. The van der Waals surface area contributed by atoms with Crippen molar-refractivity contribution < 1.29 is 45.4 Å². The zero-order chi connectivity index (χ0) is 13.2. The van der Waals surface area contributed by atoms with Crippen molar-refractivity contribution in [2.45, 2.75) is 6.92 Å². The van der Waals surface area contributed by atoms with Gasteiger partial charge in [0, 0.05) is 18.4 Å². The van der Waals surface area contributed by atoms with Crippen molar-refractivity contribution in [2.24, 2.45) is 0 Å². The first-order valence-corrected chi connectivity index (χ1v) is 5.37. The normalized spacial score (nSPS) is 8.32. The van der Waals surface area contributed by atoms with Gasteiger partial charge in [0.15, 0.2) is 0 Å². The maximum Gasteiger partial charge on any atom is 2.00 e. The van der Waals surface area contributed by atoms with Gasteiger partial charge in [-0.05, 0) is 0 Å². The summed E-state index contributed by atoms with van der Waals surface area (Å²) in [6.45, 7) is 1.37. The minimum Gasteiger partial charge on any atom is -0.522 e. The fraction of sp³-hybridized carbons (Fsp3) is 0.133. The standard InChI is InChI=1S/C8H7O2.C7H7O.U/c1-7(9)10-8-5-3-2-4-6-8;1-8-7-5-3-2-4-6-7;/h3-6H,1H3;3-6H,1H3;/q2*-1;+2. The Balaban J connectivity index is 0.000000331. The largest absolute Gasteiger partial charge is 2.00 e. The molecular weight excluding hydrogens is 466 g/mol. The molecule has 0 aliphatic carbocycles. The van der Waals surface area contributed by atoms with E-state index < -0.39 is 0 Å². The molecule has 19 heavy (non-hydrogen) atoms. The van der Waals surface area contributed by atoms with Gasteiger partial charge in [-0.25, -0.2) is 0 Å². The van der Waals surface area contributed by atoms with Crippen LogP contribution in [-0.4, -0.2) is 13.1 Å². The monoisotopic (exact) mass is 480 g/mol. The average molecular weight is 480 g/mol. The Hall–Kier alpha value is -1.24. The van der Waals surface area contributed by atoms with Gasteiger partial charge < -0.3 is 9.47 Å². The number of benzene rings is 2. The second-order valence-corrected chi connectivity index (χ2v) is 3.27. The molecule has 0 aliphatic heterocycles. The SMILES string of the molecule is CC(=O)Oc1cc[c-]cc1.COc1cc[c-]cc1.[U+2]. The van der Waals surface area contributed by atoms with E-state index in [1.807, 2.05) is 24.3 Å². The summed E-state index contributed by atoms with van der Waals surface area (Å²) in [5, 5.41) is 0. The van der Waals surface area contributed by atoms with E-state index in [0.717, 1.165) is 5.75 Å². The molecule has 0 amide bonds. The summed E-state index contributed by atoms with van der Waals surface area (Å²) in [5.74, 6) is 1.14. The zero-order valence-electron chi connectivity index (χ0n) is 10.8. The van der Waals surface area contributed by atoms with E-state index in [0.29, 0.717) is 5.75 Å². The third-order valence-corrected chi connectivity index (χ3v) is 1.87. The molecule has 0 fully saturated rings. The van der Waals surface area contributed by atoms with Crippen molar-refractivity contribution in [1.29, 1.82) is 0 Å². The molecule has 0 saturated heterocycles. The number of hydrogen-bond acceptors (Lipinski definition) is 3. The first kappa shape index (κ1) is 17.8. The van der Waals surface area contributed by atoms with Crippen LogP contribution in [0.4, 0.5) is 0 Å². The number of methoxy groups -OCH3 is 1. The average Bonchev–Trinajstić information content (AvgIpc) is 2.41. The molecular formula is C15H14O3U. The summed E-state index contributed by atoms with van der Waals surface area (Å²) in [4.78, 5) is 10.4. The Kier molecular flexibility index (Phi) is 9.97. The fourth-order valence-electron chi connectivity index (χ4n) is 1.11. The van der Waals surface area contributed by atoms with Crippen LogP contribution < -0.4 is 9.47 Å². The van der Waals surface area contributed by atoms with Gasteiger partial charge in [-0.1, -0.05) is 0 Å². The van der Waals surface area contributed by atoms with Crippen LogP contribution >= 0.6 is 0 Å². The zero-order valence-corrected chi connectivity index (χ0v) is 15.0. The van der Waals surface area contributed by atoms with Crippen LogP contribution in [0.1, 0.15) is 6.92 Å². The predicted octanol–water partition coefficient (Wildman–Crippen LogP) is 2.91. The quantitative estimate of drug-likeness (QED) is 0.377. The molecule has 96 valence electrons. The van der Waals surface area contributed by atoms with Crippen molar-refractivity contribution in [2.75, 3.05) is 7.11 Å². The van der Waals surface area contributed by atoms with Crippen LogP contribution in [0.5, 0.6) is 11.5 Å². The number of rotatable bonds is 2. The van der Waals surface area contributed by atoms with E-state index >= 15 is 0 Å². The molecule has 0 saturated carbocycles. The van der Waals surface area contributed by atoms with Crippen LogP contribution in [0.25, 0.3) is 0 Å². The van der Waals surface area contributed by atoms with Gasteiger partial charge in [-0.2, -0.15) is 36.4 Å². The number of ether oxygens (including phenoxy) is 2. The summed E-state index contributed by atoms with van der Waals surface area (Å²) in [6, 6.07) is 19.8. The number of carbonyl (C=O) groups is 1. The molecule has 0 atom stereocenters. The maximum absolute atomic E-state index is 10.4. The molecule has 0 aliphatic rings. The Morgan fingerprint density at radius 3 is 1.68 bits per heavy atom. The number of esters is 1. The molecule has 0 bridgehead atoms. The fourth-order valence-corrected chi connectivity index (χ4v) is 1.11. The van der Waals surface area contributed by atoms with Crippen molar-refractivity contribution in [1.82, 2.24) is 0 Å². The molecule has 2 aromatic carbocycles. The summed E-state index contributed by atoms with van der Waals surface area (Å²) in [5.41, 5.74) is 0. The van der Waals surface area contributed by atoms with Crippen LogP contribution in [0.3, 0.4) is 0 Å². The number of carbonyl (C=O) groups excluding carboxylic acids is 1. The van der Waals surface area contributed by atoms with Crippen LogP contribution in [-0.2, 0) is 4.79 Å². The summed E-state index contributed by atoms with van der Waals surface area (Å²) < 4.78 is 9.65. The minimum atomic E-state index is -0.300. The van der Waals surface area contributed by atoms with Gasteiger partial charge in [0.1, 0.15) is 0 Å². The molecule has 0 N–H and O–H groups in total. The van der Waals surface area contributed by atoms with E-state index in [1.54, 1.807) is 31.4 Å².